The maximum absolute atomic E-state index is 11.8. The van der Waals surface area contributed by atoms with Crippen LogP contribution in [0, 0.1) is 0 Å². The van der Waals surface area contributed by atoms with Crippen LogP contribution in [0.3, 0.4) is 0 Å². The average molecular weight is 270 g/mol. The van der Waals surface area contributed by atoms with Crippen LogP contribution in [0.15, 0.2) is 37.1 Å². The smallest absolute Gasteiger partial charge is 0.312 e. The van der Waals surface area contributed by atoms with Gasteiger partial charge in [-0.25, -0.2) is 9.78 Å². The number of anilines is 1. The molecular formula is C13H14N6O. The van der Waals surface area contributed by atoms with Crippen LogP contribution in [-0.4, -0.2) is 38.9 Å². The molecule has 7 heteroatoms. The van der Waals surface area contributed by atoms with Crippen LogP contribution >= 0.6 is 0 Å². The van der Waals surface area contributed by atoms with E-state index in [0.29, 0.717) is 5.69 Å². The van der Waals surface area contributed by atoms with Gasteiger partial charge in [0.25, 0.3) is 0 Å². The third kappa shape index (κ3) is 2.72. The van der Waals surface area contributed by atoms with E-state index in [9.17, 15) is 4.79 Å². The van der Waals surface area contributed by atoms with Crippen molar-refractivity contribution in [1.29, 1.82) is 0 Å². The van der Waals surface area contributed by atoms with Crippen molar-refractivity contribution in [1.82, 2.24) is 25.1 Å². The van der Waals surface area contributed by atoms with E-state index >= 15 is 0 Å². The highest BCUT2D eigenvalue weighted by molar-refractivity contribution is 5.90. The highest BCUT2D eigenvalue weighted by Crippen LogP contribution is 2.16. The molecule has 2 aromatic rings. The van der Waals surface area contributed by atoms with Crippen molar-refractivity contribution >= 4 is 17.3 Å². The molecule has 7 nitrogen and oxygen atoms in total. The van der Waals surface area contributed by atoms with E-state index in [2.05, 4.69) is 31.8 Å². The Hall–Kier alpha value is -2.54. The van der Waals surface area contributed by atoms with Gasteiger partial charge in [-0.3, -0.25) is 4.98 Å². The summed E-state index contributed by atoms with van der Waals surface area (Å²) in [7, 11) is 0. The predicted molar refractivity (Wildman–Crippen MR) is 74.1 cm³/mol. The fourth-order valence-corrected chi connectivity index (χ4v) is 1.99. The minimum atomic E-state index is -0.365. The van der Waals surface area contributed by atoms with Crippen molar-refractivity contribution in [3.8, 4) is 0 Å². The van der Waals surface area contributed by atoms with Crippen LogP contribution in [-0.2, 0) is 0 Å². The van der Waals surface area contributed by atoms with Crippen molar-refractivity contribution in [2.45, 2.75) is 6.42 Å². The maximum Gasteiger partial charge on any atom is 0.348 e. The number of aromatic nitrogens is 4. The van der Waals surface area contributed by atoms with Crippen molar-refractivity contribution in [2.24, 2.45) is 0 Å². The Kier molecular flexibility index (Phi) is 3.51. The molecule has 102 valence electrons. The van der Waals surface area contributed by atoms with Gasteiger partial charge >= 0.3 is 6.03 Å². The summed E-state index contributed by atoms with van der Waals surface area (Å²) in [4.78, 5) is 19.9. The number of carbonyl (C=O) groups excluding carboxylic acids is 1. The molecule has 3 heterocycles. The van der Waals surface area contributed by atoms with E-state index in [4.69, 9.17) is 0 Å². The van der Waals surface area contributed by atoms with Gasteiger partial charge in [-0.15, -0.1) is 0 Å². The molecule has 0 saturated heterocycles. The first-order valence-corrected chi connectivity index (χ1v) is 6.35. The third-order valence-corrected chi connectivity index (χ3v) is 3.00. The van der Waals surface area contributed by atoms with Gasteiger partial charge in [-0.1, -0.05) is 6.08 Å². The normalized spacial score (nSPS) is 14.7. The topological polar surface area (TPSA) is 84.7 Å². The molecule has 1 aliphatic heterocycles. The molecule has 0 fully saturated rings. The Morgan fingerprint density at radius 2 is 2.35 bits per heavy atom. The molecule has 0 atom stereocenters. The standard InChI is InChI=1S/C13H14N6O/c20-13(19-9-15-8-17-19)18-11-3-4-12(16-7-11)10-2-1-5-14-6-10/h2-4,7-9,14H,1,5-6H2,(H,18,20). The first-order chi connectivity index (χ1) is 9.83. The maximum atomic E-state index is 11.8. The molecule has 3 rings (SSSR count). The SMILES string of the molecule is O=C(Nc1ccc(C2=CCCNC2)nc1)n1cncn1. The fourth-order valence-electron chi connectivity index (χ4n) is 1.99. The summed E-state index contributed by atoms with van der Waals surface area (Å²) in [5.74, 6) is 0. The number of hydrogen-bond donors (Lipinski definition) is 2. The molecule has 0 aromatic carbocycles. The van der Waals surface area contributed by atoms with Crippen molar-refractivity contribution in [3.05, 3.63) is 42.8 Å². The summed E-state index contributed by atoms with van der Waals surface area (Å²) in [5, 5.41) is 9.76. The van der Waals surface area contributed by atoms with Crippen molar-refractivity contribution in [3.63, 3.8) is 0 Å². The molecule has 2 N–H and O–H groups in total. The molecule has 0 radical (unpaired) electrons. The molecule has 0 aliphatic carbocycles. The van der Waals surface area contributed by atoms with E-state index in [1.54, 1.807) is 6.20 Å². The van der Waals surface area contributed by atoms with Gasteiger partial charge < -0.3 is 10.6 Å². The number of amides is 1. The predicted octanol–water partition coefficient (Wildman–Crippen LogP) is 1.13. The second-order valence-corrected chi connectivity index (χ2v) is 4.40. The van der Waals surface area contributed by atoms with Gasteiger partial charge in [0.2, 0.25) is 0 Å². The van der Waals surface area contributed by atoms with Crippen LogP contribution in [0.4, 0.5) is 10.5 Å². The summed E-state index contributed by atoms with van der Waals surface area (Å²) in [6.07, 6.45) is 7.49. The van der Waals surface area contributed by atoms with Crippen LogP contribution in [0.25, 0.3) is 5.57 Å². The van der Waals surface area contributed by atoms with Gasteiger partial charge in [0.05, 0.1) is 17.6 Å². The molecule has 0 spiro atoms. The monoisotopic (exact) mass is 270 g/mol. The van der Waals surface area contributed by atoms with E-state index in [0.717, 1.165) is 29.9 Å². The summed E-state index contributed by atoms with van der Waals surface area (Å²) in [6, 6.07) is 3.36. The lowest BCUT2D eigenvalue weighted by atomic mass is 10.1. The zero-order valence-electron chi connectivity index (χ0n) is 10.8. The Bertz CT molecular complexity index is 617. The van der Waals surface area contributed by atoms with E-state index in [-0.39, 0.29) is 6.03 Å². The largest absolute Gasteiger partial charge is 0.348 e. The Morgan fingerprint density at radius 3 is 3.00 bits per heavy atom. The minimum absolute atomic E-state index is 0.365. The zero-order chi connectivity index (χ0) is 13.8. The zero-order valence-corrected chi connectivity index (χ0v) is 10.8. The molecular weight excluding hydrogens is 256 g/mol. The number of nitrogens with zero attached hydrogens (tertiary/aromatic N) is 4. The summed E-state index contributed by atoms with van der Waals surface area (Å²) in [6.45, 7) is 1.84. The lowest BCUT2D eigenvalue weighted by Crippen LogP contribution is -2.22. The number of carbonyl (C=O) groups is 1. The van der Waals surface area contributed by atoms with Crippen molar-refractivity contribution in [2.75, 3.05) is 18.4 Å². The number of hydrogen-bond acceptors (Lipinski definition) is 5. The van der Waals surface area contributed by atoms with Gasteiger partial charge in [0.15, 0.2) is 0 Å². The number of nitrogens with one attached hydrogen (secondary N) is 2. The number of pyridine rings is 1. The fraction of sp³-hybridized carbons (Fsp3) is 0.231. The lowest BCUT2D eigenvalue weighted by molar-refractivity contribution is 0.251. The molecule has 1 amide bonds. The summed E-state index contributed by atoms with van der Waals surface area (Å²) < 4.78 is 1.13. The second-order valence-electron chi connectivity index (χ2n) is 4.40. The summed E-state index contributed by atoms with van der Waals surface area (Å²) >= 11 is 0. The van der Waals surface area contributed by atoms with E-state index in [1.165, 1.54) is 18.2 Å². The van der Waals surface area contributed by atoms with E-state index < -0.39 is 0 Å². The van der Waals surface area contributed by atoms with Crippen LogP contribution in [0.5, 0.6) is 0 Å². The molecule has 0 unspecified atom stereocenters. The quantitative estimate of drug-likeness (QED) is 0.854. The Labute approximate surface area is 115 Å². The van der Waals surface area contributed by atoms with Gasteiger partial charge in [-0.2, -0.15) is 9.78 Å². The van der Waals surface area contributed by atoms with Gasteiger partial charge in [0.1, 0.15) is 12.7 Å². The molecule has 0 bridgehead atoms. The van der Waals surface area contributed by atoms with Crippen LogP contribution in [0.2, 0.25) is 0 Å². The van der Waals surface area contributed by atoms with Gasteiger partial charge in [-0.05, 0) is 30.7 Å². The van der Waals surface area contributed by atoms with E-state index in [1.807, 2.05) is 12.1 Å². The highest BCUT2D eigenvalue weighted by Gasteiger charge is 2.08. The van der Waals surface area contributed by atoms with Crippen LogP contribution in [0.1, 0.15) is 12.1 Å². The Morgan fingerprint density at radius 1 is 1.40 bits per heavy atom. The summed E-state index contributed by atoms with van der Waals surface area (Å²) in [5.41, 5.74) is 2.74. The van der Waals surface area contributed by atoms with Crippen molar-refractivity contribution < 1.29 is 4.79 Å². The minimum Gasteiger partial charge on any atom is -0.312 e. The highest BCUT2D eigenvalue weighted by atomic mass is 16.2. The second kappa shape index (κ2) is 5.62. The first kappa shape index (κ1) is 12.5. The first-order valence-electron chi connectivity index (χ1n) is 6.35. The molecule has 1 aliphatic rings. The lowest BCUT2D eigenvalue weighted by Gasteiger charge is -2.14. The number of rotatable bonds is 2. The third-order valence-electron chi connectivity index (χ3n) is 3.00. The van der Waals surface area contributed by atoms with Gasteiger partial charge in [0, 0.05) is 6.54 Å². The molecule has 20 heavy (non-hydrogen) atoms. The Balaban J connectivity index is 1.70. The molecule has 0 saturated carbocycles. The van der Waals surface area contributed by atoms with Crippen LogP contribution < -0.4 is 10.6 Å². The molecule has 2 aromatic heterocycles. The average Bonchev–Trinajstić information content (AvgIpc) is 3.03.